The molecule has 2 aliphatic carbocycles. The third kappa shape index (κ3) is 1.44. The van der Waals surface area contributed by atoms with Gasteiger partial charge in [-0.2, -0.15) is 0 Å². The molecule has 0 radical (unpaired) electrons. The van der Waals surface area contributed by atoms with Gasteiger partial charge in [-0.3, -0.25) is 0 Å². The molecule has 0 saturated heterocycles. The van der Waals surface area contributed by atoms with Gasteiger partial charge in [0.1, 0.15) is 0 Å². The van der Waals surface area contributed by atoms with Gasteiger partial charge in [0.15, 0.2) is 0 Å². The lowest BCUT2D eigenvalue weighted by Crippen LogP contribution is -2.33. The van der Waals surface area contributed by atoms with Gasteiger partial charge in [0.25, 0.3) is 0 Å². The second kappa shape index (κ2) is 4.22. The van der Waals surface area contributed by atoms with Crippen LogP contribution in [0.5, 0.6) is 0 Å². The van der Waals surface area contributed by atoms with Gasteiger partial charge in [0, 0.05) is 31.7 Å². The average molecular weight is 214 g/mol. The van der Waals surface area contributed by atoms with Crippen molar-refractivity contribution in [1.29, 1.82) is 0 Å². The van der Waals surface area contributed by atoms with Gasteiger partial charge in [-0.25, -0.2) is 0 Å². The summed E-state index contributed by atoms with van der Waals surface area (Å²) in [6.07, 6.45) is 0.817. The van der Waals surface area contributed by atoms with Crippen molar-refractivity contribution < 1.29 is 20.4 Å². The molecular formula is C11H18O4. The first-order valence-corrected chi connectivity index (χ1v) is 5.43. The molecule has 4 atom stereocenters. The smallest absolute Gasteiger partial charge is 0.0648 e. The molecule has 0 amide bonds. The maximum atomic E-state index is 9.28. The zero-order chi connectivity index (χ0) is 11.0. The fraction of sp³-hybridized carbons (Fsp3) is 0.818. The number of aliphatic hydroxyl groups is 4. The Balaban J connectivity index is 2.31. The minimum Gasteiger partial charge on any atom is -0.396 e. The van der Waals surface area contributed by atoms with Gasteiger partial charge in [-0.05, 0) is 23.8 Å². The Kier molecular flexibility index (Phi) is 3.11. The van der Waals surface area contributed by atoms with E-state index in [-0.39, 0.29) is 50.1 Å². The lowest BCUT2D eigenvalue weighted by atomic mass is 9.75. The summed E-state index contributed by atoms with van der Waals surface area (Å²) in [6, 6.07) is 0. The molecule has 2 rings (SSSR count). The van der Waals surface area contributed by atoms with Crippen LogP contribution in [0.4, 0.5) is 0 Å². The summed E-state index contributed by atoms with van der Waals surface area (Å²) in [7, 11) is 0. The monoisotopic (exact) mass is 214 g/mol. The van der Waals surface area contributed by atoms with E-state index in [1.165, 1.54) is 0 Å². The van der Waals surface area contributed by atoms with Crippen molar-refractivity contribution in [1.82, 2.24) is 0 Å². The second-order valence-electron chi connectivity index (χ2n) is 4.50. The molecule has 4 heteroatoms. The summed E-state index contributed by atoms with van der Waals surface area (Å²) in [4.78, 5) is 0. The molecule has 86 valence electrons. The van der Waals surface area contributed by atoms with Crippen molar-refractivity contribution in [3.05, 3.63) is 11.1 Å². The summed E-state index contributed by atoms with van der Waals surface area (Å²) in [5.74, 6) is 0.238. The summed E-state index contributed by atoms with van der Waals surface area (Å²) in [5.41, 5.74) is 1.97. The largest absolute Gasteiger partial charge is 0.396 e. The van der Waals surface area contributed by atoms with E-state index in [1.807, 2.05) is 0 Å². The second-order valence-corrected chi connectivity index (χ2v) is 4.50. The van der Waals surface area contributed by atoms with Crippen LogP contribution in [0.25, 0.3) is 0 Å². The minimum absolute atomic E-state index is 0.00931. The first-order chi connectivity index (χ1) is 7.28. The number of aliphatic hydroxyl groups excluding tert-OH is 4. The van der Waals surface area contributed by atoms with E-state index < -0.39 is 0 Å². The number of hydrogen-bond acceptors (Lipinski definition) is 4. The number of hydrogen-bond donors (Lipinski definition) is 4. The SMILES string of the molecule is OCC1=C2CC(C1CO)C(CO)C2CO. The van der Waals surface area contributed by atoms with Crippen LogP contribution in [0.15, 0.2) is 11.1 Å². The molecule has 1 saturated carbocycles. The van der Waals surface area contributed by atoms with Crippen molar-refractivity contribution in [3.8, 4) is 0 Å². The van der Waals surface area contributed by atoms with Crippen molar-refractivity contribution in [2.75, 3.05) is 26.4 Å². The molecule has 0 aromatic carbocycles. The van der Waals surface area contributed by atoms with Gasteiger partial charge in [0.2, 0.25) is 0 Å². The Morgan fingerprint density at radius 1 is 0.933 bits per heavy atom. The molecule has 2 bridgehead atoms. The quantitative estimate of drug-likeness (QED) is 0.459. The van der Waals surface area contributed by atoms with Gasteiger partial charge in [-0.15, -0.1) is 0 Å². The molecule has 0 heterocycles. The van der Waals surface area contributed by atoms with Gasteiger partial charge >= 0.3 is 0 Å². The van der Waals surface area contributed by atoms with Crippen LogP contribution >= 0.6 is 0 Å². The van der Waals surface area contributed by atoms with E-state index in [9.17, 15) is 20.4 Å². The molecule has 2 aliphatic rings. The van der Waals surface area contributed by atoms with E-state index in [0.717, 1.165) is 17.6 Å². The number of rotatable bonds is 4. The zero-order valence-electron chi connectivity index (χ0n) is 8.63. The van der Waals surface area contributed by atoms with E-state index in [4.69, 9.17) is 0 Å². The molecule has 0 aliphatic heterocycles. The standard InChI is InChI=1S/C11H18O4/c12-2-8-6-1-7(9(8)3-13)11(5-15)10(6)4-14/h6,8-10,12-15H,1-5H2. The lowest BCUT2D eigenvalue weighted by Gasteiger charge is -2.32. The Morgan fingerprint density at radius 2 is 1.60 bits per heavy atom. The van der Waals surface area contributed by atoms with E-state index in [0.29, 0.717) is 0 Å². The van der Waals surface area contributed by atoms with Gasteiger partial charge in [-0.1, -0.05) is 5.57 Å². The third-order valence-electron chi connectivity index (χ3n) is 4.12. The predicted octanol–water partition coefficient (Wildman–Crippen LogP) is -0.866. The molecule has 1 fully saturated rings. The Hall–Kier alpha value is -0.420. The van der Waals surface area contributed by atoms with Crippen LogP contribution in [0.3, 0.4) is 0 Å². The Bertz CT molecular complexity index is 274. The molecule has 0 spiro atoms. The summed E-state index contributed by atoms with van der Waals surface area (Å²) in [6.45, 7) is 0.0672. The highest BCUT2D eigenvalue weighted by Crippen LogP contribution is 2.54. The van der Waals surface area contributed by atoms with Crippen LogP contribution in [0.2, 0.25) is 0 Å². The van der Waals surface area contributed by atoms with Crippen molar-refractivity contribution in [3.63, 3.8) is 0 Å². The molecule has 4 unspecified atom stereocenters. The Morgan fingerprint density at radius 3 is 2.07 bits per heavy atom. The molecule has 4 N–H and O–H groups in total. The van der Waals surface area contributed by atoms with E-state index in [2.05, 4.69) is 0 Å². The fourth-order valence-electron chi connectivity index (χ4n) is 3.39. The van der Waals surface area contributed by atoms with Crippen LogP contribution in [0.1, 0.15) is 6.42 Å². The Labute approximate surface area is 88.9 Å². The van der Waals surface area contributed by atoms with Gasteiger partial charge in [0.05, 0.1) is 6.61 Å². The first-order valence-electron chi connectivity index (χ1n) is 5.43. The topological polar surface area (TPSA) is 80.9 Å². The molecule has 0 aromatic heterocycles. The molecular weight excluding hydrogens is 196 g/mol. The maximum absolute atomic E-state index is 9.28. The predicted molar refractivity (Wildman–Crippen MR) is 53.9 cm³/mol. The summed E-state index contributed by atoms with van der Waals surface area (Å²) >= 11 is 0. The van der Waals surface area contributed by atoms with Crippen LogP contribution in [-0.2, 0) is 0 Å². The normalized spacial score (nSPS) is 39.2. The molecule has 4 nitrogen and oxygen atoms in total. The van der Waals surface area contributed by atoms with E-state index in [1.54, 1.807) is 0 Å². The van der Waals surface area contributed by atoms with E-state index >= 15 is 0 Å². The van der Waals surface area contributed by atoms with Gasteiger partial charge < -0.3 is 20.4 Å². The highest BCUT2D eigenvalue weighted by molar-refractivity contribution is 5.34. The summed E-state index contributed by atoms with van der Waals surface area (Å²) < 4.78 is 0. The molecule has 0 aromatic rings. The summed E-state index contributed by atoms with van der Waals surface area (Å²) in [5, 5.41) is 37.1. The van der Waals surface area contributed by atoms with Crippen LogP contribution < -0.4 is 0 Å². The third-order valence-corrected chi connectivity index (χ3v) is 4.12. The molecule has 15 heavy (non-hydrogen) atoms. The highest BCUT2D eigenvalue weighted by Gasteiger charge is 2.49. The van der Waals surface area contributed by atoms with Crippen LogP contribution in [0, 0.1) is 23.7 Å². The average Bonchev–Trinajstić information content (AvgIpc) is 2.80. The first kappa shape index (κ1) is 11.1. The zero-order valence-corrected chi connectivity index (χ0v) is 8.63. The van der Waals surface area contributed by atoms with Crippen molar-refractivity contribution in [2.45, 2.75) is 6.42 Å². The van der Waals surface area contributed by atoms with Crippen LogP contribution in [-0.4, -0.2) is 46.9 Å². The number of fused-ring (bicyclic) bond motifs is 2. The van der Waals surface area contributed by atoms with Crippen molar-refractivity contribution in [2.24, 2.45) is 23.7 Å². The van der Waals surface area contributed by atoms with Crippen molar-refractivity contribution >= 4 is 0 Å². The fourth-order valence-corrected chi connectivity index (χ4v) is 3.39. The minimum atomic E-state index is -0.0360. The lowest BCUT2D eigenvalue weighted by molar-refractivity contribution is 0.0796. The highest BCUT2D eigenvalue weighted by atomic mass is 16.3. The maximum Gasteiger partial charge on any atom is 0.0648 e.